The predicted molar refractivity (Wildman–Crippen MR) is 87.1 cm³/mol. The number of alkyl halides is 3. The van der Waals surface area contributed by atoms with E-state index in [2.05, 4.69) is 30.9 Å². The highest BCUT2D eigenvalue weighted by Crippen LogP contribution is 2.30. The van der Waals surface area contributed by atoms with Crippen LogP contribution in [0.25, 0.3) is 5.57 Å². The maximum Gasteiger partial charge on any atom is 0.433 e. The zero-order valence-corrected chi connectivity index (χ0v) is 13.4. The number of anilines is 1. The highest BCUT2D eigenvalue weighted by Gasteiger charge is 2.32. The number of benzene rings is 1. The molecule has 0 spiro atoms. The Labute approximate surface area is 150 Å². The van der Waals surface area contributed by atoms with Gasteiger partial charge in [-0.05, 0) is 35.5 Å². The number of allylic oxidation sites excluding steroid dienone is 1. The van der Waals surface area contributed by atoms with E-state index >= 15 is 0 Å². The van der Waals surface area contributed by atoms with E-state index in [4.69, 9.17) is 10.00 Å². The SMILES string of the molecule is N#CC(=CNc1ccc(Oc2cccc(C(F)(F)F)n2)cc1)c1nn[nH]n1. The number of hydrogen-bond donors (Lipinski definition) is 2. The van der Waals surface area contributed by atoms with Crippen molar-refractivity contribution >= 4 is 11.3 Å². The summed E-state index contributed by atoms with van der Waals surface area (Å²) in [5, 5.41) is 25.0. The molecule has 2 N–H and O–H groups in total. The first-order chi connectivity index (χ1) is 13.0. The Morgan fingerprint density at radius 1 is 1.19 bits per heavy atom. The van der Waals surface area contributed by atoms with Crippen molar-refractivity contribution in [2.45, 2.75) is 6.18 Å². The van der Waals surface area contributed by atoms with E-state index in [1.807, 2.05) is 6.07 Å². The number of aromatic amines is 1. The highest BCUT2D eigenvalue weighted by atomic mass is 19.4. The number of hydrogen-bond acceptors (Lipinski definition) is 7. The number of nitrogens with one attached hydrogen (secondary N) is 2. The molecular weight excluding hydrogens is 363 g/mol. The molecule has 2 aromatic heterocycles. The van der Waals surface area contributed by atoms with Crippen molar-refractivity contribution in [3.05, 3.63) is 60.2 Å². The van der Waals surface area contributed by atoms with Gasteiger partial charge in [-0.25, -0.2) is 4.98 Å². The van der Waals surface area contributed by atoms with Crippen LogP contribution in [0.3, 0.4) is 0 Å². The molecule has 2 heterocycles. The molecule has 136 valence electrons. The quantitative estimate of drug-likeness (QED) is 0.659. The molecule has 1 aromatic carbocycles. The second-order valence-corrected chi connectivity index (χ2v) is 5.03. The van der Waals surface area contributed by atoms with Gasteiger partial charge in [0.05, 0.1) is 0 Å². The fourth-order valence-electron chi connectivity index (χ4n) is 1.95. The summed E-state index contributed by atoms with van der Waals surface area (Å²) >= 11 is 0. The van der Waals surface area contributed by atoms with Crippen LogP contribution in [0, 0.1) is 11.3 Å². The molecule has 0 bridgehead atoms. The molecule has 0 saturated carbocycles. The first kappa shape index (κ1) is 17.9. The van der Waals surface area contributed by atoms with Gasteiger partial charge in [0.2, 0.25) is 11.7 Å². The van der Waals surface area contributed by atoms with Gasteiger partial charge in [0.25, 0.3) is 0 Å². The molecule has 11 heteroatoms. The van der Waals surface area contributed by atoms with Gasteiger partial charge in [0.1, 0.15) is 23.1 Å². The van der Waals surface area contributed by atoms with Gasteiger partial charge < -0.3 is 10.1 Å². The molecule has 8 nitrogen and oxygen atoms in total. The molecule has 0 saturated heterocycles. The van der Waals surface area contributed by atoms with Crippen LogP contribution in [0.5, 0.6) is 11.6 Å². The summed E-state index contributed by atoms with van der Waals surface area (Å²) in [5.41, 5.74) is -0.262. The molecule has 0 aliphatic heterocycles. The summed E-state index contributed by atoms with van der Waals surface area (Å²) in [7, 11) is 0. The number of aromatic nitrogens is 5. The lowest BCUT2D eigenvalue weighted by Crippen LogP contribution is -2.07. The number of nitrogens with zero attached hydrogens (tertiary/aromatic N) is 5. The van der Waals surface area contributed by atoms with E-state index in [1.54, 1.807) is 24.3 Å². The maximum atomic E-state index is 12.7. The van der Waals surface area contributed by atoms with Crippen LogP contribution in [0.1, 0.15) is 11.5 Å². The molecule has 0 atom stereocenters. The fourth-order valence-corrected chi connectivity index (χ4v) is 1.95. The lowest BCUT2D eigenvalue weighted by Gasteiger charge is -2.09. The van der Waals surface area contributed by atoms with Gasteiger partial charge in [-0.2, -0.15) is 23.6 Å². The van der Waals surface area contributed by atoms with Crippen molar-refractivity contribution in [3.63, 3.8) is 0 Å². The van der Waals surface area contributed by atoms with Gasteiger partial charge in [-0.15, -0.1) is 10.2 Å². The van der Waals surface area contributed by atoms with E-state index in [1.165, 1.54) is 18.3 Å². The van der Waals surface area contributed by atoms with Gasteiger partial charge in [-0.1, -0.05) is 6.07 Å². The largest absolute Gasteiger partial charge is 0.439 e. The number of halogens is 3. The summed E-state index contributed by atoms with van der Waals surface area (Å²) in [6.45, 7) is 0. The summed E-state index contributed by atoms with van der Waals surface area (Å²) < 4.78 is 43.3. The third kappa shape index (κ3) is 4.57. The Balaban J connectivity index is 1.68. The van der Waals surface area contributed by atoms with Gasteiger partial charge in [0, 0.05) is 18.0 Å². The Morgan fingerprint density at radius 2 is 1.96 bits per heavy atom. The lowest BCUT2D eigenvalue weighted by molar-refractivity contribution is -0.141. The second kappa shape index (κ2) is 7.52. The zero-order chi connectivity index (χ0) is 19.3. The molecular formula is C16H10F3N7O. The highest BCUT2D eigenvalue weighted by molar-refractivity contribution is 5.74. The monoisotopic (exact) mass is 373 g/mol. The van der Waals surface area contributed by atoms with E-state index < -0.39 is 11.9 Å². The van der Waals surface area contributed by atoms with E-state index in [9.17, 15) is 13.2 Å². The summed E-state index contributed by atoms with van der Waals surface area (Å²) in [6, 6.07) is 11.6. The molecule has 27 heavy (non-hydrogen) atoms. The Hall–Kier alpha value is -3.94. The summed E-state index contributed by atoms with van der Waals surface area (Å²) in [6.07, 6.45) is -3.15. The van der Waals surface area contributed by atoms with Crippen LogP contribution in [-0.2, 0) is 6.18 Å². The van der Waals surface area contributed by atoms with Crippen LogP contribution in [-0.4, -0.2) is 25.6 Å². The van der Waals surface area contributed by atoms with Crippen molar-refractivity contribution in [2.75, 3.05) is 5.32 Å². The topological polar surface area (TPSA) is 112 Å². The first-order valence-corrected chi connectivity index (χ1v) is 7.38. The van der Waals surface area contributed by atoms with Crippen molar-refractivity contribution in [1.29, 1.82) is 5.26 Å². The van der Waals surface area contributed by atoms with Crippen molar-refractivity contribution in [3.8, 4) is 17.7 Å². The first-order valence-electron chi connectivity index (χ1n) is 7.38. The van der Waals surface area contributed by atoms with Crippen LogP contribution in [0.15, 0.2) is 48.7 Å². The fraction of sp³-hybridized carbons (Fsp3) is 0.0625. The number of nitriles is 1. The summed E-state index contributed by atoms with van der Waals surface area (Å²) in [4.78, 5) is 3.43. The van der Waals surface area contributed by atoms with Crippen molar-refractivity contribution < 1.29 is 17.9 Å². The normalized spacial score (nSPS) is 11.7. The number of pyridine rings is 1. The molecule has 0 fully saturated rings. The minimum atomic E-state index is -4.55. The minimum absolute atomic E-state index is 0.139. The molecule has 0 radical (unpaired) electrons. The Bertz CT molecular complexity index is 976. The molecule has 3 rings (SSSR count). The van der Waals surface area contributed by atoms with Crippen LogP contribution in [0.2, 0.25) is 0 Å². The lowest BCUT2D eigenvalue weighted by atomic mass is 10.2. The van der Waals surface area contributed by atoms with Crippen molar-refractivity contribution in [2.24, 2.45) is 0 Å². The van der Waals surface area contributed by atoms with Gasteiger partial charge >= 0.3 is 6.18 Å². The average Bonchev–Trinajstić information content (AvgIpc) is 3.18. The maximum absolute atomic E-state index is 12.7. The van der Waals surface area contributed by atoms with Crippen molar-refractivity contribution in [1.82, 2.24) is 25.6 Å². The Morgan fingerprint density at radius 3 is 2.59 bits per heavy atom. The third-order valence-electron chi connectivity index (χ3n) is 3.18. The van der Waals surface area contributed by atoms with Gasteiger partial charge in [0.15, 0.2) is 0 Å². The van der Waals surface area contributed by atoms with Crippen LogP contribution < -0.4 is 10.1 Å². The second-order valence-electron chi connectivity index (χ2n) is 5.03. The standard InChI is InChI=1S/C16H10F3N7O/c17-16(18,19)13-2-1-3-14(22-13)27-12-6-4-11(5-7-12)21-9-10(8-20)15-23-25-26-24-15/h1-7,9,21H,(H,23,24,25,26). The van der Waals surface area contributed by atoms with E-state index in [-0.39, 0.29) is 17.3 Å². The molecule has 0 aliphatic rings. The number of ether oxygens (including phenoxy) is 1. The minimum Gasteiger partial charge on any atom is -0.439 e. The number of H-pyrrole nitrogens is 1. The van der Waals surface area contributed by atoms with Crippen LogP contribution in [0.4, 0.5) is 18.9 Å². The Kier molecular flexibility index (Phi) is 4.98. The number of rotatable bonds is 5. The average molecular weight is 373 g/mol. The summed E-state index contributed by atoms with van der Waals surface area (Å²) in [5.74, 6) is 0.268. The van der Waals surface area contributed by atoms with E-state index in [0.29, 0.717) is 11.4 Å². The smallest absolute Gasteiger partial charge is 0.433 e. The molecule has 0 unspecified atom stereocenters. The van der Waals surface area contributed by atoms with Gasteiger partial charge in [-0.3, -0.25) is 0 Å². The number of tetrazole rings is 1. The molecule has 3 aromatic rings. The zero-order valence-electron chi connectivity index (χ0n) is 13.4. The van der Waals surface area contributed by atoms with E-state index in [0.717, 1.165) is 6.07 Å². The molecule has 0 amide bonds. The third-order valence-corrected chi connectivity index (χ3v) is 3.18. The predicted octanol–water partition coefficient (Wildman–Crippen LogP) is 3.38. The van der Waals surface area contributed by atoms with Crippen LogP contribution >= 0.6 is 0 Å². The molecule has 0 aliphatic carbocycles.